The van der Waals surface area contributed by atoms with E-state index < -0.39 is 0 Å². The number of nitrogens with zero attached hydrogens (tertiary/aromatic N) is 1. The summed E-state index contributed by atoms with van der Waals surface area (Å²) in [6.07, 6.45) is 3.62. The number of aldehydes is 1. The first-order chi connectivity index (χ1) is 10.8. The van der Waals surface area contributed by atoms with Gasteiger partial charge < -0.3 is 19.5 Å². The van der Waals surface area contributed by atoms with E-state index in [0.717, 1.165) is 19.9 Å². The minimum absolute atomic E-state index is 0.208. The van der Waals surface area contributed by atoms with Crippen molar-refractivity contribution < 1.29 is 24.2 Å². The van der Waals surface area contributed by atoms with Crippen molar-refractivity contribution in [1.29, 1.82) is 0 Å². The van der Waals surface area contributed by atoms with Crippen LogP contribution in [-0.4, -0.2) is 55.5 Å². The number of Topliss-reactive ketones (excluding diaryl/α,β-unsaturated/α-hetero) is 1. The second kappa shape index (κ2) is 16.9. The van der Waals surface area contributed by atoms with Crippen LogP contribution in [0.4, 0.5) is 4.79 Å². The molecule has 0 unspecified atom stereocenters. The van der Waals surface area contributed by atoms with Gasteiger partial charge in [-0.1, -0.05) is 41.0 Å². The second-order valence-electron chi connectivity index (χ2n) is 5.61. The summed E-state index contributed by atoms with van der Waals surface area (Å²) < 4.78 is 4.55. The van der Waals surface area contributed by atoms with Gasteiger partial charge in [0.1, 0.15) is 18.7 Å². The molecule has 138 valence electrons. The molecule has 0 saturated carbocycles. The molecular weight excluding hydrogens is 298 g/mol. The van der Waals surface area contributed by atoms with E-state index in [1.165, 1.54) is 6.42 Å². The summed E-state index contributed by atoms with van der Waals surface area (Å²) in [5.41, 5.74) is -0.310. The lowest BCUT2D eigenvalue weighted by Crippen LogP contribution is -2.23. The van der Waals surface area contributed by atoms with Crippen LogP contribution in [0.3, 0.4) is 0 Å². The fourth-order valence-electron chi connectivity index (χ4n) is 1.51. The van der Waals surface area contributed by atoms with Crippen molar-refractivity contribution >= 4 is 18.2 Å². The van der Waals surface area contributed by atoms with Crippen LogP contribution in [0.15, 0.2) is 0 Å². The maximum atomic E-state index is 11.2. The van der Waals surface area contributed by atoms with Crippen molar-refractivity contribution in [3.05, 3.63) is 0 Å². The molecule has 6 nitrogen and oxygen atoms in total. The average molecular weight is 333 g/mol. The van der Waals surface area contributed by atoms with Gasteiger partial charge in [0.25, 0.3) is 0 Å². The number of cyclic esters (lactones) is 1. The van der Waals surface area contributed by atoms with Gasteiger partial charge in [0.15, 0.2) is 0 Å². The smallest absolute Gasteiger partial charge is 0.409 e. The molecular formula is C17H35NO5. The van der Waals surface area contributed by atoms with E-state index in [0.29, 0.717) is 25.9 Å². The minimum atomic E-state index is -0.310. The zero-order valence-electron chi connectivity index (χ0n) is 15.8. The van der Waals surface area contributed by atoms with E-state index in [9.17, 15) is 14.4 Å². The fraction of sp³-hybridized carbons (Fsp3) is 0.824. The second-order valence-corrected chi connectivity index (χ2v) is 5.61. The van der Waals surface area contributed by atoms with Gasteiger partial charge in [-0.2, -0.15) is 0 Å². The molecule has 1 fully saturated rings. The molecule has 0 radical (unpaired) electrons. The first-order valence-electron chi connectivity index (χ1n) is 8.06. The molecule has 0 aliphatic carbocycles. The Labute approximate surface area is 141 Å². The summed E-state index contributed by atoms with van der Waals surface area (Å²) >= 11 is 0. The number of rotatable bonds is 5. The Hall–Kier alpha value is -1.43. The molecule has 0 aromatic carbocycles. The molecule has 6 heteroatoms. The normalized spacial score (nSPS) is 12.5. The van der Waals surface area contributed by atoms with Crippen molar-refractivity contribution in [2.45, 2.75) is 60.3 Å². The van der Waals surface area contributed by atoms with Gasteiger partial charge in [0.2, 0.25) is 0 Å². The summed E-state index contributed by atoms with van der Waals surface area (Å²) in [5, 5.41) is 7.00. The Bertz CT molecular complexity index is 316. The van der Waals surface area contributed by atoms with E-state index in [1.807, 2.05) is 20.8 Å². The largest absolute Gasteiger partial charge is 0.448 e. The van der Waals surface area contributed by atoms with Gasteiger partial charge in [0, 0.05) is 32.4 Å². The Balaban J connectivity index is -0.000000284. The van der Waals surface area contributed by atoms with E-state index in [1.54, 1.807) is 11.9 Å². The molecule has 1 saturated heterocycles. The van der Waals surface area contributed by atoms with E-state index in [2.05, 4.69) is 18.6 Å². The number of ether oxygens (including phenoxy) is 1. The summed E-state index contributed by atoms with van der Waals surface area (Å²) in [7, 11) is 2.72. The third-order valence-corrected chi connectivity index (χ3v) is 2.93. The molecule has 1 heterocycles. The van der Waals surface area contributed by atoms with Crippen molar-refractivity contribution in [1.82, 2.24) is 4.90 Å². The topological polar surface area (TPSA) is 83.9 Å². The van der Waals surface area contributed by atoms with Crippen LogP contribution in [-0.2, 0) is 14.3 Å². The van der Waals surface area contributed by atoms with Gasteiger partial charge in [-0.15, -0.1) is 0 Å². The van der Waals surface area contributed by atoms with Crippen molar-refractivity contribution in [2.24, 2.45) is 5.41 Å². The minimum Gasteiger partial charge on any atom is -0.448 e. The van der Waals surface area contributed by atoms with Crippen LogP contribution in [0.2, 0.25) is 0 Å². The maximum Gasteiger partial charge on any atom is 0.409 e. The van der Waals surface area contributed by atoms with Crippen LogP contribution >= 0.6 is 0 Å². The highest BCUT2D eigenvalue weighted by molar-refractivity contribution is 5.83. The highest BCUT2D eigenvalue weighted by atomic mass is 16.6. The van der Waals surface area contributed by atoms with E-state index in [4.69, 9.17) is 5.11 Å². The number of hydrogen-bond donors (Lipinski definition) is 1. The number of carbonyl (C=O) groups excluding carboxylic acids is 3. The number of amides is 1. The lowest BCUT2D eigenvalue weighted by Gasteiger charge is -2.20. The molecule has 0 atom stereocenters. The van der Waals surface area contributed by atoms with Gasteiger partial charge in [-0.05, 0) is 6.42 Å². The monoisotopic (exact) mass is 333 g/mol. The molecule has 0 aromatic rings. The zero-order chi connectivity index (χ0) is 18.9. The summed E-state index contributed by atoms with van der Waals surface area (Å²) in [4.78, 5) is 33.1. The highest BCUT2D eigenvalue weighted by Crippen LogP contribution is 2.24. The lowest BCUT2D eigenvalue weighted by atomic mass is 9.82. The van der Waals surface area contributed by atoms with Gasteiger partial charge >= 0.3 is 6.09 Å². The van der Waals surface area contributed by atoms with Crippen LogP contribution in [0.25, 0.3) is 0 Å². The zero-order valence-corrected chi connectivity index (χ0v) is 15.8. The van der Waals surface area contributed by atoms with Gasteiger partial charge in [-0.3, -0.25) is 4.79 Å². The third-order valence-electron chi connectivity index (χ3n) is 2.93. The molecule has 1 amide bonds. The predicted molar refractivity (Wildman–Crippen MR) is 92.5 cm³/mol. The Morgan fingerprint density at radius 2 is 1.78 bits per heavy atom. The van der Waals surface area contributed by atoms with Crippen LogP contribution in [0, 0.1) is 5.41 Å². The molecule has 1 rings (SSSR count). The number of aliphatic hydroxyl groups is 1. The first kappa shape index (κ1) is 26.5. The van der Waals surface area contributed by atoms with Crippen molar-refractivity contribution in [3.8, 4) is 0 Å². The molecule has 0 spiro atoms. The molecule has 0 bridgehead atoms. The van der Waals surface area contributed by atoms with Crippen molar-refractivity contribution in [3.63, 3.8) is 0 Å². The third kappa shape index (κ3) is 15.2. The highest BCUT2D eigenvalue weighted by Gasteiger charge is 2.24. The molecule has 1 aliphatic rings. The van der Waals surface area contributed by atoms with E-state index in [-0.39, 0.29) is 17.3 Å². The lowest BCUT2D eigenvalue weighted by molar-refractivity contribution is -0.127. The maximum absolute atomic E-state index is 11.2. The number of aliphatic hydroxyl groups excluding tert-OH is 1. The molecule has 0 aromatic heterocycles. The van der Waals surface area contributed by atoms with Crippen LogP contribution < -0.4 is 0 Å². The standard InChI is InChI=1S/C9H16O2.C4H7NO2.C3H8.CH4O/c1-4-8(11)9(2,3)6-5-7-10;1-5-2-3-7-4(5)6;1-3-2;1-2/h7H,4-6H2,1-3H3;2-3H2,1H3;3H2,1-2H3;2H,1H3. The van der Waals surface area contributed by atoms with Gasteiger partial charge in [0.05, 0.1) is 6.54 Å². The van der Waals surface area contributed by atoms with Crippen LogP contribution in [0.5, 0.6) is 0 Å². The summed E-state index contributed by atoms with van der Waals surface area (Å²) in [6.45, 7) is 11.2. The summed E-state index contributed by atoms with van der Waals surface area (Å²) in [5.74, 6) is 0.236. The molecule has 1 aliphatic heterocycles. The molecule has 23 heavy (non-hydrogen) atoms. The SMILES string of the molecule is CCC.CCC(=O)C(C)(C)CCC=O.CN1CCOC1=O.CO. The fourth-order valence-corrected chi connectivity index (χ4v) is 1.51. The molecule has 1 N–H and O–H groups in total. The Morgan fingerprint density at radius 3 is 2.00 bits per heavy atom. The quantitative estimate of drug-likeness (QED) is 0.782. The number of likely N-dealkylation sites (N-methyl/N-ethyl adjacent to an activating group) is 1. The number of hydrogen-bond acceptors (Lipinski definition) is 5. The number of carbonyl (C=O) groups is 3. The Morgan fingerprint density at radius 1 is 1.30 bits per heavy atom. The summed E-state index contributed by atoms with van der Waals surface area (Å²) in [6, 6.07) is 0. The first-order valence-corrected chi connectivity index (χ1v) is 8.06. The van der Waals surface area contributed by atoms with Crippen molar-refractivity contribution in [2.75, 3.05) is 27.3 Å². The Kier molecular flexibility index (Phi) is 19.5. The number of ketones is 1. The van der Waals surface area contributed by atoms with Gasteiger partial charge in [-0.25, -0.2) is 4.79 Å². The predicted octanol–water partition coefficient (Wildman–Crippen LogP) is 3.06. The van der Waals surface area contributed by atoms with E-state index >= 15 is 0 Å². The van der Waals surface area contributed by atoms with Crippen LogP contribution in [0.1, 0.15) is 60.3 Å². The average Bonchev–Trinajstić information content (AvgIpc) is 2.91.